The lowest BCUT2D eigenvalue weighted by Crippen LogP contribution is -2.60. The normalized spacial score (nSPS) is 18.3. The molecule has 1 unspecified atom stereocenters. The minimum Gasteiger partial charge on any atom is -0.502 e. The lowest BCUT2D eigenvalue weighted by Gasteiger charge is -2.46. The molecule has 1 amide bonds. The van der Waals surface area contributed by atoms with E-state index in [2.05, 4.69) is 0 Å². The molecule has 11 heteroatoms. The summed E-state index contributed by atoms with van der Waals surface area (Å²) in [6, 6.07) is 6.48. The number of fused-ring (bicyclic) bond motifs is 3. The van der Waals surface area contributed by atoms with Gasteiger partial charge in [0, 0.05) is 18.3 Å². The van der Waals surface area contributed by atoms with Gasteiger partial charge in [-0.3, -0.25) is 19.3 Å². The third-order valence-electron chi connectivity index (χ3n) is 6.81. The average molecular weight is 505 g/mol. The molecule has 1 aliphatic heterocycles. The van der Waals surface area contributed by atoms with Crippen LogP contribution < -0.4 is 10.4 Å². The fraction of sp³-hybridized carbons (Fsp3) is 0.280. The van der Waals surface area contributed by atoms with Crippen LogP contribution in [0.2, 0.25) is 0 Å². The van der Waals surface area contributed by atoms with Crippen LogP contribution in [0.1, 0.15) is 45.7 Å². The van der Waals surface area contributed by atoms with Gasteiger partial charge in [0.2, 0.25) is 5.43 Å². The van der Waals surface area contributed by atoms with Crippen LogP contribution in [0.4, 0.5) is 22.0 Å². The van der Waals surface area contributed by atoms with Gasteiger partial charge < -0.3 is 10.0 Å². The van der Waals surface area contributed by atoms with Crippen LogP contribution in [0, 0.1) is 11.6 Å². The molecule has 0 saturated carbocycles. The Balaban J connectivity index is 1.81. The maximum absolute atomic E-state index is 15.0. The highest BCUT2D eigenvalue weighted by molar-refractivity contribution is 5.96. The number of aromatic hydroxyl groups is 1. The Morgan fingerprint density at radius 2 is 1.75 bits per heavy atom. The predicted octanol–water partition coefficient (Wildman–Crippen LogP) is 4.02. The zero-order valence-corrected chi connectivity index (χ0v) is 18.9. The molecular weight excluding hydrogens is 485 g/mol. The molecular formula is C25H20F5N3O3. The lowest BCUT2D eigenvalue weighted by molar-refractivity contribution is -0.173. The van der Waals surface area contributed by atoms with E-state index in [0.717, 1.165) is 41.6 Å². The lowest BCUT2D eigenvalue weighted by atomic mass is 9.93. The molecule has 5 rings (SSSR count). The maximum atomic E-state index is 15.0. The highest BCUT2D eigenvalue weighted by atomic mass is 19.4. The van der Waals surface area contributed by atoms with E-state index in [1.165, 1.54) is 5.01 Å². The van der Waals surface area contributed by atoms with E-state index in [-0.39, 0.29) is 17.5 Å². The fourth-order valence-corrected chi connectivity index (χ4v) is 4.94. The number of amides is 1. The number of carbonyl (C=O) groups is 1. The van der Waals surface area contributed by atoms with Gasteiger partial charge in [-0.15, -0.1) is 0 Å². The maximum Gasteiger partial charge on any atom is 0.408 e. The van der Waals surface area contributed by atoms with E-state index in [0.29, 0.717) is 16.9 Å². The van der Waals surface area contributed by atoms with Gasteiger partial charge in [0.25, 0.3) is 5.91 Å². The highest BCUT2D eigenvalue weighted by Crippen LogP contribution is 2.40. The first-order valence-electron chi connectivity index (χ1n) is 11.1. The van der Waals surface area contributed by atoms with Crippen LogP contribution in [0.15, 0.2) is 53.5 Å². The molecule has 2 atom stereocenters. The Labute approximate surface area is 201 Å². The van der Waals surface area contributed by atoms with Crippen molar-refractivity contribution in [2.24, 2.45) is 0 Å². The van der Waals surface area contributed by atoms with Crippen molar-refractivity contribution in [2.45, 2.75) is 38.0 Å². The molecule has 0 spiro atoms. The van der Waals surface area contributed by atoms with Gasteiger partial charge in [-0.25, -0.2) is 8.78 Å². The molecule has 1 aliphatic carbocycles. The molecule has 2 aromatic carbocycles. The van der Waals surface area contributed by atoms with Gasteiger partial charge in [-0.05, 0) is 48.1 Å². The van der Waals surface area contributed by atoms with E-state index in [9.17, 15) is 36.6 Å². The summed E-state index contributed by atoms with van der Waals surface area (Å²) < 4.78 is 71.7. The van der Waals surface area contributed by atoms with Crippen LogP contribution in [0.3, 0.4) is 0 Å². The third kappa shape index (κ3) is 3.69. The zero-order valence-electron chi connectivity index (χ0n) is 18.9. The molecule has 188 valence electrons. The summed E-state index contributed by atoms with van der Waals surface area (Å²) in [5.41, 5.74) is 0.0871. The van der Waals surface area contributed by atoms with Crippen LogP contribution in [-0.4, -0.2) is 39.5 Å². The quantitative estimate of drug-likeness (QED) is 0.535. The first-order valence-corrected chi connectivity index (χ1v) is 11.1. The van der Waals surface area contributed by atoms with Gasteiger partial charge in [-0.2, -0.15) is 13.2 Å². The molecule has 0 bridgehead atoms. The molecule has 2 aliphatic rings. The van der Waals surface area contributed by atoms with Crippen molar-refractivity contribution in [3.63, 3.8) is 0 Å². The number of aryl methyl sites for hydroxylation is 1. The predicted molar refractivity (Wildman–Crippen MR) is 119 cm³/mol. The first-order chi connectivity index (χ1) is 17.0. The van der Waals surface area contributed by atoms with Crippen LogP contribution in [0.25, 0.3) is 0 Å². The van der Waals surface area contributed by atoms with Gasteiger partial charge in [0.15, 0.2) is 11.4 Å². The molecule has 1 N–H and O–H groups in total. The Morgan fingerprint density at radius 3 is 2.47 bits per heavy atom. The summed E-state index contributed by atoms with van der Waals surface area (Å²) in [4.78, 5) is 25.8. The largest absolute Gasteiger partial charge is 0.502 e. The minimum absolute atomic E-state index is 0.176. The number of halogens is 5. The van der Waals surface area contributed by atoms with Crippen LogP contribution >= 0.6 is 0 Å². The van der Waals surface area contributed by atoms with Crippen molar-refractivity contribution >= 4 is 5.91 Å². The van der Waals surface area contributed by atoms with Gasteiger partial charge in [0.1, 0.15) is 24.3 Å². The Bertz CT molecular complexity index is 1440. The van der Waals surface area contributed by atoms with Crippen LogP contribution in [-0.2, 0) is 12.8 Å². The van der Waals surface area contributed by atoms with Gasteiger partial charge >= 0.3 is 6.18 Å². The molecule has 6 nitrogen and oxygen atoms in total. The van der Waals surface area contributed by atoms with Crippen molar-refractivity contribution in [2.75, 3.05) is 11.7 Å². The van der Waals surface area contributed by atoms with E-state index >= 15 is 0 Å². The summed E-state index contributed by atoms with van der Waals surface area (Å²) in [7, 11) is 0. The number of aromatic nitrogens is 1. The molecule has 3 aromatic rings. The summed E-state index contributed by atoms with van der Waals surface area (Å²) in [6.45, 7) is 0.156. The third-order valence-corrected chi connectivity index (χ3v) is 6.81. The van der Waals surface area contributed by atoms with Crippen molar-refractivity contribution < 1.29 is 31.9 Å². The molecule has 0 fully saturated rings. The molecule has 2 heterocycles. The summed E-state index contributed by atoms with van der Waals surface area (Å²) in [5.74, 6) is -3.87. The fourth-order valence-electron chi connectivity index (χ4n) is 4.94. The number of hydrogen-bond donors (Lipinski definition) is 1. The summed E-state index contributed by atoms with van der Waals surface area (Å²) >= 11 is 0. The second-order valence-electron chi connectivity index (χ2n) is 8.85. The topological polar surface area (TPSA) is 65.8 Å². The highest BCUT2D eigenvalue weighted by Gasteiger charge is 2.47. The van der Waals surface area contributed by atoms with Crippen molar-refractivity contribution in [1.82, 2.24) is 9.58 Å². The standard InChI is InChI=1S/C25H20F5N3O3/c1-13(25(28,29)30)31-12-33(32-9-8-20(34)23(35)22(32)24(31)36)21-16-5-3-2-4-14(16)6-7-17-18(21)10-15(26)11-19(17)27/h2-5,8-11,13,21,35H,6-7,12H2,1H3/t13-,21?/m1/s1. The number of carbonyl (C=O) groups excluding carboxylic acids is 1. The van der Waals surface area contributed by atoms with E-state index in [1.54, 1.807) is 24.3 Å². The zero-order chi connectivity index (χ0) is 25.9. The summed E-state index contributed by atoms with van der Waals surface area (Å²) in [6.07, 6.45) is -3.05. The number of nitrogens with zero attached hydrogens (tertiary/aromatic N) is 3. The molecule has 1 aromatic heterocycles. The second kappa shape index (κ2) is 8.35. The Morgan fingerprint density at radius 1 is 1.03 bits per heavy atom. The smallest absolute Gasteiger partial charge is 0.408 e. The number of pyridine rings is 1. The molecule has 0 saturated heterocycles. The van der Waals surface area contributed by atoms with Crippen LogP contribution in [0.5, 0.6) is 5.75 Å². The van der Waals surface area contributed by atoms with Crippen molar-refractivity contribution in [1.29, 1.82) is 0 Å². The van der Waals surface area contributed by atoms with Gasteiger partial charge in [-0.1, -0.05) is 24.3 Å². The molecule has 0 radical (unpaired) electrons. The average Bonchev–Trinajstić information content (AvgIpc) is 2.97. The van der Waals surface area contributed by atoms with Crippen molar-refractivity contribution in [3.05, 3.63) is 98.5 Å². The minimum atomic E-state index is -4.81. The van der Waals surface area contributed by atoms with E-state index in [1.807, 2.05) is 0 Å². The second-order valence-corrected chi connectivity index (χ2v) is 8.85. The summed E-state index contributed by atoms with van der Waals surface area (Å²) in [5, 5.41) is 11.8. The Hall–Kier alpha value is -3.89. The number of hydrogen-bond acceptors (Lipinski definition) is 4. The SMILES string of the molecule is C[C@@H](N1CN(C2c3ccccc3CCc3c(F)cc(F)cc32)n2ccc(=O)c(O)c2C1=O)C(F)(F)F. The van der Waals surface area contributed by atoms with Gasteiger partial charge in [0.05, 0.1) is 6.04 Å². The first kappa shape index (κ1) is 23.8. The monoisotopic (exact) mass is 505 g/mol. The number of rotatable bonds is 2. The van der Waals surface area contributed by atoms with Crippen molar-refractivity contribution in [3.8, 4) is 5.75 Å². The molecule has 36 heavy (non-hydrogen) atoms. The number of alkyl halides is 3. The van der Waals surface area contributed by atoms with E-state index < -0.39 is 59.3 Å². The van der Waals surface area contributed by atoms with E-state index in [4.69, 9.17) is 0 Å². The Kier molecular flexibility index (Phi) is 5.53. The number of benzene rings is 2.